The Morgan fingerprint density at radius 2 is 1.93 bits per heavy atom. The Morgan fingerprint density at radius 3 is 2.67 bits per heavy atom. The lowest BCUT2D eigenvalue weighted by Gasteiger charge is -2.19. The lowest BCUT2D eigenvalue weighted by Crippen LogP contribution is -2.34. The average Bonchev–Trinajstić information content (AvgIpc) is 2.70. The molecule has 0 bridgehead atoms. The molecule has 0 amide bonds. The van der Waals surface area contributed by atoms with Gasteiger partial charge in [0.1, 0.15) is 0 Å². The summed E-state index contributed by atoms with van der Waals surface area (Å²) in [5, 5.41) is 4.63. The predicted octanol–water partition coefficient (Wildman–Crippen LogP) is 3.83. The highest BCUT2D eigenvalue weighted by molar-refractivity contribution is 7.99. The molecule has 2 unspecified atom stereocenters. The summed E-state index contributed by atoms with van der Waals surface area (Å²) in [5.74, 6) is 0. The summed E-state index contributed by atoms with van der Waals surface area (Å²) in [6.45, 7) is 3.52. The molecule has 1 fully saturated rings. The standard InChI is InChI=1S/C13H27NS/c1-3-4-5-6-7-11-14-12-9-8-10-13(12)15-2/h12-14H,3-11H2,1-2H3. The van der Waals surface area contributed by atoms with Crippen LogP contribution in [0.15, 0.2) is 0 Å². The second-order valence-corrected chi connectivity index (χ2v) is 5.76. The molecule has 0 heterocycles. The molecule has 0 saturated heterocycles. The van der Waals surface area contributed by atoms with E-state index in [1.807, 2.05) is 11.8 Å². The van der Waals surface area contributed by atoms with E-state index in [0.29, 0.717) is 0 Å². The van der Waals surface area contributed by atoms with Gasteiger partial charge in [-0.15, -0.1) is 0 Å². The van der Waals surface area contributed by atoms with Crippen molar-refractivity contribution in [3.63, 3.8) is 0 Å². The number of nitrogens with one attached hydrogen (secondary N) is 1. The SMILES string of the molecule is CCCCCCCNC1CCCC1SC. The Hall–Kier alpha value is 0.310. The van der Waals surface area contributed by atoms with Crippen molar-refractivity contribution in [2.45, 2.75) is 69.6 Å². The molecule has 1 N–H and O–H groups in total. The van der Waals surface area contributed by atoms with Gasteiger partial charge >= 0.3 is 0 Å². The fraction of sp³-hybridized carbons (Fsp3) is 1.00. The molecule has 0 aliphatic heterocycles. The van der Waals surface area contributed by atoms with E-state index in [9.17, 15) is 0 Å². The lowest BCUT2D eigenvalue weighted by atomic mass is 10.1. The zero-order valence-corrected chi connectivity index (χ0v) is 11.2. The molecule has 2 atom stereocenters. The summed E-state index contributed by atoms with van der Waals surface area (Å²) in [7, 11) is 0. The van der Waals surface area contributed by atoms with Gasteiger partial charge in [-0.25, -0.2) is 0 Å². The molecular formula is C13H27NS. The van der Waals surface area contributed by atoms with Crippen molar-refractivity contribution in [3.05, 3.63) is 0 Å². The molecule has 1 nitrogen and oxygen atoms in total. The maximum Gasteiger partial charge on any atom is 0.0198 e. The molecule has 1 aliphatic carbocycles. The first-order valence-corrected chi connectivity index (χ1v) is 7.93. The molecular weight excluding hydrogens is 202 g/mol. The van der Waals surface area contributed by atoms with E-state index in [0.717, 1.165) is 11.3 Å². The van der Waals surface area contributed by atoms with Gasteiger partial charge in [-0.05, 0) is 32.1 Å². The van der Waals surface area contributed by atoms with E-state index in [1.54, 1.807) is 0 Å². The maximum atomic E-state index is 3.74. The zero-order valence-electron chi connectivity index (χ0n) is 10.4. The van der Waals surface area contributed by atoms with Crippen molar-refractivity contribution in [1.29, 1.82) is 0 Å². The van der Waals surface area contributed by atoms with Crippen LogP contribution in [0.4, 0.5) is 0 Å². The largest absolute Gasteiger partial charge is 0.313 e. The summed E-state index contributed by atoms with van der Waals surface area (Å²) >= 11 is 2.05. The molecule has 1 aliphatic rings. The quantitative estimate of drug-likeness (QED) is 0.635. The highest BCUT2D eigenvalue weighted by atomic mass is 32.2. The molecule has 0 spiro atoms. The van der Waals surface area contributed by atoms with Crippen molar-refractivity contribution < 1.29 is 0 Å². The van der Waals surface area contributed by atoms with Crippen molar-refractivity contribution in [1.82, 2.24) is 5.32 Å². The third kappa shape index (κ3) is 5.26. The highest BCUT2D eigenvalue weighted by Gasteiger charge is 2.25. The summed E-state index contributed by atoms with van der Waals surface area (Å²) in [6.07, 6.45) is 13.5. The monoisotopic (exact) mass is 229 g/mol. The van der Waals surface area contributed by atoms with Gasteiger partial charge < -0.3 is 5.32 Å². The van der Waals surface area contributed by atoms with Crippen LogP contribution in [0.25, 0.3) is 0 Å². The fourth-order valence-corrected chi connectivity index (χ4v) is 3.42. The van der Waals surface area contributed by atoms with Crippen LogP contribution < -0.4 is 5.32 Å². The topological polar surface area (TPSA) is 12.0 Å². The Morgan fingerprint density at radius 1 is 1.13 bits per heavy atom. The Bertz CT molecular complexity index is 149. The highest BCUT2D eigenvalue weighted by Crippen LogP contribution is 2.28. The Balaban J connectivity index is 1.95. The Labute approximate surface area is 99.8 Å². The van der Waals surface area contributed by atoms with Crippen molar-refractivity contribution in [3.8, 4) is 0 Å². The molecule has 0 aromatic heterocycles. The third-order valence-electron chi connectivity index (χ3n) is 3.44. The summed E-state index contributed by atoms with van der Waals surface area (Å²) < 4.78 is 0. The maximum absolute atomic E-state index is 3.74. The normalized spacial score (nSPS) is 26.0. The van der Waals surface area contributed by atoms with Crippen LogP contribution in [0.5, 0.6) is 0 Å². The lowest BCUT2D eigenvalue weighted by molar-refractivity contribution is 0.505. The van der Waals surface area contributed by atoms with Crippen LogP contribution in [-0.4, -0.2) is 24.1 Å². The number of hydrogen-bond donors (Lipinski definition) is 1. The van der Waals surface area contributed by atoms with Gasteiger partial charge in [-0.2, -0.15) is 11.8 Å². The van der Waals surface area contributed by atoms with E-state index in [2.05, 4.69) is 18.5 Å². The average molecular weight is 229 g/mol. The van der Waals surface area contributed by atoms with Gasteiger partial charge in [-0.3, -0.25) is 0 Å². The minimum Gasteiger partial charge on any atom is -0.313 e. The van der Waals surface area contributed by atoms with Crippen LogP contribution in [0.2, 0.25) is 0 Å². The summed E-state index contributed by atoms with van der Waals surface area (Å²) in [5.41, 5.74) is 0. The molecule has 1 rings (SSSR count). The second kappa shape index (κ2) is 8.46. The minimum atomic E-state index is 0.811. The van der Waals surface area contributed by atoms with Gasteiger partial charge in [0.15, 0.2) is 0 Å². The summed E-state index contributed by atoms with van der Waals surface area (Å²) in [6, 6.07) is 0.811. The molecule has 0 aromatic rings. The van der Waals surface area contributed by atoms with Gasteiger partial charge in [0.05, 0.1) is 0 Å². The number of hydrogen-bond acceptors (Lipinski definition) is 2. The summed E-state index contributed by atoms with van der Waals surface area (Å²) in [4.78, 5) is 0. The van der Waals surface area contributed by atoms with Crippen LogP contribution >= 0.6 is 11.8 Å². The van der Waals surface area contributed by atoms with Gasteiger partial charge in [0.2, 0.25) is 0 Å². The van der Waals surface area contributed by atoms with Crippen LogP contribution in [-0.2, 0) is 0 Å². The van der Waals surface area contributed by atoms with Crippen molar-refractivity contribution >= 4 is 11.8 Å². The van der Waals surface area contributed by atoms with E-state index < -0.39 is 0 Å². The van der Waals surface area contributed by atoms with Crippen LogP contribution in [0.1, 0.15) is 58.3 Å². The predicted molar refractivity (Wildman–Crippen MR) is 71.7 cm³/mol. The third-order valence-corrected chi connectivity index (χ3v) is 4.61. The van der Waals surface area contributed by atoms with E-state index in [-0.39, 0.29) is 0 Å². The smallest absolute Gasteiger partial charge is 0.0198 e. The fourth-order valence-electron chi connectivity index (χ4n) is 2.46. The molecule has 1 saturated carbocycles. The molecule has 0 aromatic carbocycles. The second-order valence-electron chi connectivity index (χ2n) is 4.68. The number of rotatable bonds is 8. The van der Waals surface area contributed by atoms with E-state index >= 15 is 0 Å². The molecule has 15 heavy (non-hydrogen) atoms. The molecule has 2 heteroatoms. The van der Waals surface area contributed by atoms with E-state index in [1.165, 1.54) is 57.9 Å². The first-order chi connectivity index (χ1) is 7.38. The van der Waals surface area contributed by atoms with Gasteiger partial charge in [-0.1, -0.05) is 39.0 Å². The van der Waals surface area contributed by atoms with Gasteiger partial charge in [0, 0.05) is 11.3 Å². The number of unbranched alkanes of at least 4 members (excludes halogenated alkanes) is 4. The molecule has 0 radical (unpaired) electrons. The van der Waals surface area contributed by atoms with Crippen molar-refractivity contribution in [2.75, 3.05) is 12.8 Å². The van der Waals surface area contributed by atoms with E-state index in [4.69, 9.17) is 0 Å². The van der Waals surface area contributed by atoms with Crippen LogP contribution in [0, 0.1) is 0 Å². The molecule has 90 valence electrons. The first-order valence-electron chi connectivity index (χ1n) is 6.64. The number of thioether (sulfide) groups is 1. The first kappa shape index (κ1) is 13.4. The minimum absolute atomic E-state index is 0.811. The zero-order chi connectivity index (χ0) is 10.9. The van der Waals surface area contributed by atoms with Crippen molar-refractivity contribution in [2.24, 2.45) is 0 Å². The van der Waals surface area contributed by atoms with Gasteiger partial charge in [0.25, 0.3) is 0 Å². The Kier molecular flexibility index (Phi) is 7.54. The van der Waals surface area contributed by atoms with Crippen LogP contribution in [0.3, 0.4) is 0 Å².